The summed E-state index contributed by atoms with van der Waals surface area (Å²) < 4.78 is 1.86. The summed E-state index contributed by atoms with van der Waals surface area (Å²) in [5.41, 5.74) is 2.15. The molecule has 0 N–H and O–H groups in total. The molecule has 0 amide bonds. The van der Waals surface area contributed by atoms with Crippen molar-refractivity contribution >= 4 is 54.9 Å². The molecule has 1 aromatic rings. The van der Waals surface area contributed by atoms with Gasteiger partial charge in [0.1, 0.15) is 5.69 Å². The maximum atomic E-state index is 4.60. The lowest BCUT2D eigenvalue weighted by atomic mass is 9.87. The van der Waals surface area contributed by atoms with Crippen LogP contribution in [-0.2, 0) is 5.41 Å². The summed E-state index contributed by atoms with van der Waals surface area (Å²) in [4.78, 5) is 4.00. The molecule has 0 heterocycles. The van der Waals surface area contributed by atoms with Crippen LogP contribution in [0.3, 0.4) is 0 Å². The molecule has 0 saturated heterocycles. The lowest BCUT2D eigenvalue weighted by Gasteiger charge is -2.20. The van der Waals surface area contributed by atoms with Gasteiger partial charge in [-0.15, -0.1) is 0 Å². The van der Waals surface area contributed by atoms with E-state index < -0.39 is 0 Å². The summed E-state index contributed by atoms with van der Waals surface area (Å²) >= 11 is 11.6. The van der Waals surface area contributed by atoms with Crippen molar-refractivity contribution in [1.82, 2.24) is 0 Å². The maximum Gasteiger partial charge on any atom is 0.102 e. The lowest BCUT2D eigenvalue weighted by molar-refractivity contribution is 0.589. The normalized spacial score (nSPS) is 11.0. The number of isothiocyanates is 1. The number of aliphatic imine (C=N–C) groups is 1. The Balaban J connectivity index is 3.38. The molecule has 0 spiro atoms. The van der Waals surface area contributed by atoms with Gasteiger partial charge in [-0.25, -0.2) is 0 Å². The number of hydrogen-bond donors (Lipinski definition) is 0. The highest BCUT2D eigenvalue weighted by Crippen LogP contribution is 2.37. The molecule has 1 aromatic carbocycles. The van der Waals surface area contributed by atoms with Crippen molar-refractivity contribution in [3.05, 3.63) is 26.6 Å². The SMILES string of the molecule is CC(C)(C)c1cc(Br)c(N=C=S)c(Br)c1. The topological polar surface area (TPSA) is 12.4 Å². The molecule has 0 aromatic heterocycles. The van der Waals surface area contributed by atoms with E-state index in [0.29, 0.717) is 0 Å². The van der Waals surface area contributed by atoms with Gasteiger partial charge >= 0.3 is 0 Å². The Labute approximate surface area is 112 Å². The number of benzene rings is 1. The minimum Gasteiger partial charge on any atom is -0.192 e. The van der Waals surface area contributed by atoms with Crippen molar-refractivity contribution in [3.8, 4) is 0 Å². The first kappa shape index (κ1) is 13.0. The number of nitrogens with zero attached hydrogens (tertiary/aromatic N) is 1. The zero-order valence-corrected chi connectivity index (χ0v) is 12.8. The highest BCUT2D eigenvalue weighted by molar-refractivity contribution is 9.11. The first-order chi connectivity index (χ1) is 6.86. The van der Waals surface area contributed by atoms with Crippen molar-refractivity contribution in [3.63, 3.8) is 0 Å². The van der Waals surface area contributed by atoms with Gasteiger partial charge in [0.25, 0.3) is 0 Å². The molecular weight excluding hydrogens is 338 g/mol. The van der Waals surface area contributed by atoms with Crippen molar-refractivity contribution in [2.45, 2.75) is 26.2 Å². The van der Waals surface area contributed by atoms with E-state index in [0.717, 1.165) is 14.6 Å². The van der Waals surface area contributed by atoms with E-state index in [9.17, 15) is 0 Å². The molecule has 0 radical (unpaired) electrons. The first-order valence-corrected chi connectivity index (χ1v) is 6.43. The van der Waals surface area contributed by atoms with Gasteiger partial charge in [-0.3, -0.25) is 0 Å². The Morgan fingerprint density at radius 2 is 1.67 bits per heavy atom. The molecule has 0 saturated carbocycles. The molecule has 0 aliphatic carbocycles. The van der Waals surface area contributed by atoms with E-state index in [1.165, 1.54) is 5.56 Å². The fraction of sp³-hybridized carbons (Fsp3) is 0.364. The Bertz CT molecular complexity index is 406. The largest absolute Gasteiger partial charge is 0.192 e. The van der Waals surface area contributed by atoms with Gasteiger partial charge in [0.15, 0.2) is 0 Å². The Kier molecular flexibility index (Phi) is 4.24. The third kappa shape index (κ3) is 3.22. The summed E-state index contributed by atoms with van der Waals surface area (Å²) in [7, 11) is 0. The maximum absolute atomic E-state index is 4.60. The van der Waals surface area contributed by atoms with E-state index in [4.69, 9.17) is 0 Å². The van der Waals surface area contributed by atoms with Crippen LogP contribution in [0.2, 0.25) is 0 Å². The second-order valence-corrected chi connectivity index (χ2v) is 6.13. The number of halogens is 2. The standard InChI is InChI=1S/C11H11Br2NS/c1-11(2,3)7-4-8(12)10(14-6-15)9(13)5-7/h4-5H,1-3H3. The summed E-state index contributed by atoms with van der Waals surface area (Å²) in [6.07, 6.45) is 0. The van der Waals surface area contributed by atoms with Gasteiger partial charge in [0, 0.05) is 8.95 Å². The van der Waals surface area contributed by atoms with E-state index in [2.05, 4.69) is 87.1 Å². The van der Waals surface area contributed by atoms with Gasteiger partial charge in [0.2, 0.25) is 0 Å². The first-order valence-electron chi connectivity index (χ1n) is 4.43. The van der Waals surface area contributed by atoms with Crippen molar-refractivity contribution in [1.29, 1.82) is 0 Å². The molecule has 80 valence electrons. The van der Waals surface area contributed by atoms with Crippen LogP contribution >= 0.6 is 44.1 Å². The molecule has 4 heteroatoms. The van der Waals surface area contributed by atoms with Crippen LogP contribution < -0.4 is 0 Å². The van der Waals surface area contributed by atoms with E-state index >= 15 is 0 Å². The van der Waals surface area contributed by atoms with Crippen LogP contribution in [0.1, 0.15) is 26.3 Å². The summed E-state index contributed by atoms with van der Waals surface area (Å²) in [6, 6.07) is 4.13. The summed E-state index contributed by atoms with van der Waals surface area (Å²) in [5.74, 6) is 0. The quantitative estimate of drug-likeness (QED) is 0.499. The van der Waals surface area contributed by atoms with Crippen molar-refractivity contribution in [2.75, 3.05) is 0 Å². The molecule has 0 fully saturated rings. The molecule has 0 atom stereocenters. The molecular formula is C11H11Br2NS. The molecule has 0 bridgehead atoms. The van der Waals surface area contributed by atoms with Gasteiger partial charge < -0.3 is 0 Å². The van der Waals surface area contributed by atoms with Crippen LogP contribution in [0.25, 0.3) is 0 Å². The molecule has 0 aliphatic rings. The number of hydrogen-bond acceptors (Lipinski definition) is 2. The van der Waals surface area contributed by atoms with Crippen LogP contribution in [0.4, 0.5) is 5.69 Å². The van der Waals surface area contributed by atoms with Crippen LogP contribution in [0.15, 0.2) is 26.1 Å². The van der Waals surface area contributed by atoms with Crippen LogP contribution in [0, 0.1) is 0 Å². The minimum absolute atomic E-state index is 0.116. The van der Waals surface area contributed by atoms with Crippen LogP contribution in [-0.4, -0.2) is 5.16 Å². The van der Waals surface area contributed by atoms with Crippen molar-refractivity contribution < 1.29 is 0 Å². The molecule has 0 unspecified atom stereocenters. The Morgan fingerprint density at radius 3 is 2.00 bits per heavy atom. The lowest BCUT2D eigenvalue weighted by Crippen LogP contribution is -2.10. The second kappa shape index (κ2) is 4.88. The molecule has 1 nitrogen and oxygen atoms in total. The van der Waals surface area contributed by atoms with Crippen molar-refractivity contribution in [2.24, 2.45) is 4.99 Å². The van der Waals surface area contributed by atoms with E-state index in [-0.39, 0.29) is 5.41 Å². The number of thiocarbonyl (C=S) groups is 1. The average molecular weight is 349 g/mol. The third-order valence-electron chi connectivity index (χ3n) is 2.04. The Hall–Kier alpha value is -0.0200. The fourth-order valence-electron chi connectivity index (χ4n) is 1.15. The van der Waals surface area contributed by atoms with Gasteiger partial charge in [-0.05, 0) is 67.2 Å². The van der Waals surface area contributed by atoms with Gasteiger partial charge in [-0.2, -0.15) is 4.99 Å². The van der Waals surface area contributed by atoms with Gasteiger partial charge in [0.05, 0.1) is 5.16 Å². The smallest absolute Gasteiger partial charge is 0.102 e. The average Bonchev–Trinajstić information content (AvgIpc) is 2.09. The second-order valence-electron chi connectivity index (χ2n) is 4.24. The molecule has 0 aliphatic heterocycles. The third-order valence-corrected chi connectivity index (χ3v) is 3.34. The minimum atomic E-state index is 0.116. The van der Waals surface area contributed by atoms with E-state index in [1.54, 1.807) is 0 Å². The zero-order chi connectivity index (χ0) is 11.6. The monoisotopic (exact) mass is 347 g/mol. The fourth-order valence-corrected chi connectivity index (χ4v) is 2.61. The summed E-state index contributed by atoms with van der Waals surface area (Å²) in [6.45, 7) is 6.51. The Morgan fingerprint density at radius 1 is 1.20 bits per heavy atom. The van der Waals surface area contributed by atoms with Gasteiger partial charge in [-0.1, -0.05) is 20.8 Å². The van der Waals surface area contributed by atoms with E-state index in [1.807, 2.05) is 0 Å². The summed E-state index contributed by atoms with van der Waals surface area (Å²) in [5, 5.41) is 2.37. The molecule has 15 heavy (non-hydrogen) atoms. The zero-order valence-electron chi connectivity index (χ0n) is 8.77. The van der Waals surface area contributed by atoms with Crippen LogP contribution in [0.5, 0.6) is 0 Å². The predicted molar refractivity (Wildman–Crippen MR) is 75.2 cm³/mol. The highest BCUT2D eigenvalue weighted by atomic mass is 79.9. The number of rotatable bonds is 1. The highest BCUT2D eigenvalue weighted by Gasteiger charge is 2.16. The molecule has 1 rings (SSSR count). The predicted octanol–water partition coefficient (Wildman–Crippen LogP) is 5.24.